The summed E-state index contributed by atoms with van der Waals surface area (Å²) in [7, 11) is 2.08. The van der Waals surface area contributed by atoms with Crippen molar-refractivity contribution in [2.75, 3.05) is 26.7 Å². The van der Waals surface area contributed by atoms with Crippen LogP contribution >= 0.6 is 0 Å². The lowest BCUT2D eigenvalue weighted by molar-refractivity contribution is 0.215. The van der Waals surface area contributed by atoms with Crippen LogP contribution in [0.4, 0.5) is 0 Å². The number of hydrogen-bond donors (Lipinski definition) is 1. The summed E-state index contributed by atoms with van der Waals surface area (Å²) in [6.45, 7) is 3.67. The Balaban J connectivity index is 2.30. The van der Waals surface area contributed by atoms with Crippen LogP contribution in [0.3, 0.4) is 0 Å². The van der Waals surface area contributed by atoms with E-state index in [9.17, 15) is 0 Å². The second-order valence-electron chi connectivity index (χ2n) is 2.34. The minimum absolute atomic E-state index is 0.443. The van der Waals surface area contributed by atoms with Gasteiger partial charge < -0.3 is 10.2 Å². The maximum absolute atomic E-state index is 7.15. The van der Waals surface area contributed by atoms with Crippen LogP contribution < -0.4 is 5.32 Å². The SMILES string of the molecule is [2H]CC1CNCCN1C. The van der Waals surface area contributed by atoms with Gasteiger partial charge in [-0.25, -0.2) is 0 Å². The van der Waals surface area contributed by atoms with E-state index in [1.165, 1.54) is 0 Å². The van der Waals surface area contributed by atoms with Crippen molar-refractivity contribution in [2.45, 2.75) is 12.9 Å². The second-order valence-corrected chi connectivity index (χ2v) is 2.34. The Hall–Kier alpha value is -0.0800. The molecular weight excluding hydrogens is 100 g/mol. The number of nitrogens with one attached hydrogen (secondary N) is 1. The summed E-state index contributed by atoms with van der Waals surface area (Å²) < 4.78 is 7.15. The molecule has 0 bridgehead atoms. The minimum Gasteiger partial charge on any atom is -0.314 e. The summed E-state index contributed by atoms with van der Waals surface area (Å²) in [4.78, 5) is 2.24. The Bertz CT molecular complexity index is 87.1. The van der Waals surface area contributed by atoms with Gasteiger partial charge in [0.15, 0.2) is 0 Å². The van der Waals surface area contributed by atoms with Gasteiger partial charge in [-0.05, 0) is 13.9 Å². The van der Waals surface area contributed by atoms with E-state index in [-0.39, 0.29) is 0 Å². The minimum atomic E-state index is 0.443. The number of nitrogens with zero attached hydrogens (tertiary/aromatic N) is 1. The van der Waals surface area contributed by atoms with E-state index in [1.54, 1.807) is 0 Å². The highest BCUT2D eigenvalue weighted by Gasteiger charge is 2.11. The van der Waals surface area contributed by atoms with Crippen molar-refractivity contribution >= 4 is 0 Å². The van der Waals surface area contributed by atoms with Crippen molar-refractivity contribution in [3.63, 3.8) is 0 Å². The summed E-state index contributed by atoms with van der Waals surface area (Å²) in [5.74, 6) is 0. The fourth-order valence-electron chi connectivity index (χ4n) is 0.862. The van der Waals surface area contributed by atoms with Gasteiger partial charge in [-0.15, -0.1) is 0 Å². The fourth-order valence-corrected chi connectivity index (χ4v) is 0.862. The highest BCUT2D eigenvalue weighted by Crippen LogP contribution is 1.95. The highest BCUT2D eigenvalue weighted by molar-refractivity contribution is 4.71. The molecule has 1 aliphatic rings. The molecule has 1 fully saturated rings. The molecule has 1 rings (SSSR count). The lowest BCUT2D eigenvalue weighted by Crippen LogP contribution is -2.47. The lowest BCUT2D eigenvalue weighted by Gasteiger charge is -2.29. The molecule has 0 radical (unpaired) electrons. The average Bonchev–Trinajstić information content (AvgIpc) is 1.89. The van der Waals surface area contributed by atoms with E-state index in [0.717, 1.165) is 19.6 Å². The summed E-state index contributed by atoms with van der Waals surface area (Å²) in [5.41, 5.74) is 0. The first-order valence-electron chi connectivity index (χ1n) is 3.75. The van der Waals surface area contributed by atoms with Crippen molar-refractivity contribution in [3.8, 4) is 0 Å². The van der Waals surface area contributed by atoms with Gasteiger partial charge >= 0.3 is 0 Å². The van der Waals surface area contributed by atoms with E-state index < -0.39 is 0 Å². The van der Waals surface area contributed by atoms with Crippen molar-refractivity contribution in [2.24, 2.45) is 0 Å². The van der Waals surface area contributed by atoms with Crippen LogP contribution in [0.1, 0.15) is 8.27 Å². The highest BCUT2D eigenvalue weighted by atomic mass is 15.2. The molecular formula is C6H14N2. The topological polar surface area (TPSA) is 15.3 Å². The van der Waals surface area contributed by atoms with Crippen molar-refractivity contribution < 1.29 is 1.37 Å². The molecule has 1 heterocycles. The quantitative estimate of drug-likeness (QED) is 0.474. The second kappa shape index (κ2) is 2.46. The maximum Gasteiger partial charge on any atom is 0.0247 e. The summed E-state index contributed by atoms with van der Waals surface area (Å²) in [5, 5.41) is 3.25. The molecule has 1 unspecified atom stereocenters. The van der Waals surface area contributed by atoms with Gasteiger partial charge in [-0.3, -0.25) is 0 Å². The van der Waals surface area contributed by atoms with E-state index >= 15 is 0 Å². The van der Waals surface area contributed by atoms with E-state index in [2.05, 4.69) is 17.3 Å². The molecule has 2 heteroatoms. The van der Waals surface area contributed by atoms with Crippen LogP contribution in [0.5, 0.6) is 0 Å². The van der Waals surface area contributed by atoms with Crippen LogP contribution in [0.15, 0.2) is 0 Å². The molecule has 1 N–H and O–H groups in total. The number of piperazine rings is 1. The van der Waals surface area contributed by atoms with E-state index in [4.69, 9.17) is 1.37 Å². The fraction of sp³-hybridized carbons (Fsp3) is 1.00. The van der Waals surface area contributed by atoms with Gasteiger partial charge in [0.25, 0.3) is 0 Å². The average molecular weight is 115 g/mol. The third kappa shape index (κ3) is 1.20. The standard InChI is InChI=1S/C6H14N2/c1-6-5-7-3-4-8(6)2/h6-7H,3-5H2,1-2H3/i1D. The smallest absolute Gasteiger partial charge is 0.0247 e. The molecule has 48 valence electrons. The first-order valence-corrected chi connectivity index (χ1v) is 3.05. The Morgan fingerprint density at radius 3 is 3.25 bits per heavy atom. The zero-order chi connectivity index (χ0) is 6.69. The third-order valence-electron chi connectivity index (χ3n) is 1.64. The lowest BCUT2D eigenvalue weighted by atomic mass is 10.2. The maximum atomic E-state index is 7.15. The molecule has 1 atom stereocenters. The molecule has 1 aliphatic heterocycles. The summed E-state index contributed by atoms with van der Waals surface area (Å²) in [6, 6.07) is 0.443. The van der Waals surface area contributed by atoms with Crippen molar-refractivity contribution in [1.82, 2.24) is 10.2 Å². The molecule has 0 spiro atoms. The predicted octanol–water partition coefficient (Wildman–Crippen LogP) is -0.0901. The molecule has 0 saturated carbocycles. The van der Waals surface area contributed by atoms with Crippen LogP contribution in [0.2, 0.25) is 0 Å². The first kappa shape index (κ1) is 4.77. The number of hydrogen-bond acceptors (Lipinski definition) is 2. The van der Waals surface area contributed by atoms with E-state index in [0.29, 0.717) is 12.9 Å². The molecule has 0 aromatic rings. The van der Waals surface area contributed by atoms with Gasteiger partial charge in [0.1, 0.15) is 0 Å². The van der Waals surface area contributed by atoms with E-state index in [1.807, 2.05) is 0 Å². The normalized spacial score (nSPS) is 34.6. The zero-order valence-electron chi connectivity index (χ0n) is 6.35. The largest absolute Gasteiger partial charge is 0.314 e. The molecule has 2 nitrogen and oxygen atoms in total. The van der Waals surface area contributed by atoms with Crippen LogP contribution in [0.25, 0.3) is 0 Å². The molecule has 0 aromatic carbocycles. The monoisotopic (exact) mass is 115 g/mol. The molecule has 0 aromatic heterocycles. The Labute approximate surface area is 52.3 Å². The van der Waals surface area contributed by atoms with Crippen molar-refractivity contribution in [1.29, 1.82) is 0 Å². The Kier molecular flexibility index (Phi) is 1.47. The Morgan fingerprint density at radius 1 is 1.88 bits per heavy atom. The summed E-state index contributed by atoms with van der Waals surface area (Å²) >= 11 is 0. The van der Waals surface area contributed by atoms with Gasteiger partial charge in [0, 0.05) is 27.0 Å². The first-order chi connectivity index (χ1) is 4.34. The van der Waals surface area contributed by atoms with Crippen LogP contribution in [0, 0.1) is 0 Å². The van der Waals surface area contributed by atoms with Crippen LogP contribution in [-0.2, 0) is 0 Å². The van der Waals surface area contributed by atoms with Crippen molar-refractivity contribution in [3.05, 3.63) is 0 Å². The molecule has 0 aliphatic carbocycles. The third-order valence-corrected chi connectivity index (χ3v) is 1.64. The molecule has 8 heavy (non-hydrogen) atoms. The Morgan fingerprint density at radius 2 is 2.75 bits per heavy atom. The molecule has 0 amide bonds. The van der Waals surface area contributed by atoms with Gasteiger partial charge in [0.05, 0.1) is 0 Å². The number of likely N-dealkylation sites (N-methyl/N-ethyl adjacent to an activating group) is 1. The van der Waals surface area contributed by atoms with Gasteiger partial charge in [-0.1, -0.05) is 0 Å². The van der Waals surface area contributed by atoms with Gasteiger partial charge in [-0.2, -0.15) is 0 Å². The van der Waals surface area contributed by atoms with Crippen LogP contribution in [-0.4, -0.2) is 37.6 Å². The van der Waals surface area contributed by atoms with Gasteiger partial charge in [0.2, 0.25) is 0 Å². The summed E-state index contributed by atoms with van der Waals surface area (Å²) in [6.07, 6.45) is 0. The molecule has 1 saturated heterocycles. The number of rotatable bonds is 0. The predicted molar refractivity (Wildman–Crippen MR) is 35.0 cm³/mol. The zero-order valence-corrected chi connectivity index (χ0v) is 5.35.